The second-order valence-corrected chi connectivity index (χ2v) is 4.53. The van der Waals surface area contributed by atoms with E-state index in [4.69, 9.17) is 19.6 Å². The van der Waals surface area contributed by atoms with Crippen LogP contribution < -0.4 is 5.73 Å². The maximum Gasteiger partial charge on any atom is 0.129 e. The lowest BCUT2D eigenvalue weighted by Gasteiger charge is -2.21. The van der Waals surface area contributed by atoms with Crippen LogP contribution in [0.5, 0.6) is 0 Å². The van der Waals surface area contributed by atoms with E-state index >= 15 is 0 Å². The molecule has 2 rings (SSSR count). The van der Waals surface area contributed by atoms with Crippen molar-refractivity contribution in [1.82, 2.24) is 0 Å². The molecule has 4 nitrogen and oxygen atoms in total. The highest BCUT2D eigenvalue weighted by molar-refractivity contribution is 5.11. The van der Waals surface area contributed by atoms with E-state index in [1.54, 1.807) is 7.11 Å². The SMILES string of the molecule is CCC1OCCC1C(N)c1ccc(COC)o1. The van der Waals surface area contributed by atoms with Crippen molar-refractivity contribution < 1.29 is 13.9 Å². The Morgan fingerprint density at radius 1 is 1.53 bits per heavy atom. The van der Waals surface area contributed by atoms with Gasteiger partial charge < -0.3 is 19.6 Å². The van der Waals surface area contributed by atoms with Gasteiger partial charge in [0.15, 0.2) is 0 Å². The van der Waals surface area contributed by atoms with Gasteiger partial charge in [0.2, 0.25) is 0 Å². The summed E-state index contributed by atoms with van der Waals surface area (Å²) in [6.45, 7) is 3.43. The lowest BCUT2D eigenvalue weighted by Crippen LogP contribution is -2.27. The summed E-state index contributed by atoms with van der Waals surface area (Å²) in [5, 5.41) is 0. The molecule has 2 N–H and O–H groups in total. The first-order chi connectivity index (χ1) is 8.26. The van der Waals surface area contributed by atoms with Gasteiger partial charge in [-0.25, -0.2) is 0 Å². The van der Waals surface area contributed by atoms with Crippen LogP contribution >= 0.6 is 0 Å². The zero-order valence-electron chi connectivity index (χ0n) is 10.5. The molecule has 96 valence electrons. The number of methoxy groups -OCH3 is 1. The van der Waals surface area contributed by atoms with Crippen molar-refractivity contribution in [2.24, 2.45) is 11.7 Å². The Labute approximate surface area is 102 Å². The van der Waals surface area contributed by atoms with E-state index in [1.807, 2.05) is 12.1 Å². The summed E-state index contributed by atoms with van der Waals surface area (Å²) in [6, 6.07) is 3.80. The molecule has 0 radical (unpaired) electrons. The largest absolute Gasteiger partial charge is 0.462 e. The predicted octanol–water partition coefficient (Wildman–Crippen LogP) is 2.24. The van der Waals surface area contributed by atoms with Crippen molar-refractivity contribution in [3.05, 3.63) is 23.7 Å². The second kappa shape index (κ2) is 5.67. The normalized spacial score (nSPS) is 26.3. The van der Waals surface area contributed by atoms with E-state index in [9.17, 15) is 0 Å². The van der Waals surface area contributed by atoms with Crippen LogP contribution in [0.1, 0.15) is 37.3 Å². The fourth-order valence-corrected chi connectivity index (χ4v) is 2.50. The molecule has 0 amide bonds. The molecule has 1 aromatic rings. The Balaban J connectivity index is 2.04. The lowest BCUT2D eigenvalue weighted by molar-refractivity contribution is 0.0787. The van der Waals surface area contributed by atoms with Crippen LogP contribution in [0.4, 0.5) is 0 Å². The monoisotopic (exact) mass is 239 g/mol. The van der Waals surface area contributed by atoms with E-state index < -0.39 is 0 Å². The van der Waals surface area contributed by atoms with E-state index in [1.165, 1.54) is 0 Å². The van der Waals surface area contributed by atoms with Crippen molar-refractivity contribution in [3.63, 3.8) is 0 Å². The van der Waals surface area contributed by atoms with E-state index in [0.29, 0.717) is 12.5 Å². The van der Waals surface area contributed by atoms with Crippen molar-refractivity contribution in [1.29, 1.82) is 0 Å². The van der Waals surface area contributed by atoms with Gasteiger partial charge in [0.1, 0.15) is 18.1 Å². The third kappa shape index (κ3) is 2.70. The molecular weight excluding hydrogens is 218 g/mol. The molecule has 4 heteroatoms. The molecule has 0 aromatic carbocycles. The third-order valence-electron chi connectivity index (χ3n) is 3.42. The molecule has 1 aromatic heterocycles. The smallest absolute Gasteiger partial charge is 0.129 e. The van der Waals surface area contributed by atoms with Gasteiger partial charge in [-0.05, 0) is 25.0 Å². The fourth-order valence-electron chi connectivity index (χ4n) is 2.50. The van der Waals surface area contributed by atoms with E-state index in [-0.39, 0.29) is 12.1 Å². The van der Waals surface area contributed by atoms with Gasteiger partial charge in [-0.15, -0.1) is 0 Å². The van der Waals surface area contributed by atoms with Gasteiger partial charge in [-0.2, -0.15) is 0 Å². The summed E-state index contributed by atoms with van der Waals surface area (Å²) >= 11 is 0. The summed E-state index contributed by atoms with van der Waals surface area (Å²) in [7, 11) is 1.65. The first-order valence-electron chi connectivity index (χ1n) is 6.21. The first kappa shape index (κ1) is 12.6. The summed E-state index contributed by atoms with van der Waals surface area (Å²) in [5.74, 6) is 2.03. The topological polar surface area (TPSA) is 57.6 Å². The molecular formula is C13H21NO3. The molecule has 0 aliphatic carbocycles. The minimum Gasteiger partial charge on any atom is -0.462 e. The molecule has 0 spiro atoms. The summed E-state index contributed by atoms with van der Waals surface area (Å²) in [6.07, 6.45) is 2.28. The Kier molecular flexibility index (Phi) is 4.20. The maximum atomic E-state index is 6.26. The van der Waals surface area contributed by atoms with Crippen molar-refractivity contribution >= 4 is 0 Å². The number of furan rings is 1. The van der Waals surface area contributed by atoms with Crippen LogP contribution in [0.2, 0.25) is 0 Å². The Hall–Kier alpha value is -0.840. The number of nitrogens with two attached hydrogens (primary N) is 1. The van der Waals surface area contributed by atoms with Crippen LogP contribution in [0.15, 0.2) is 16.5 Å². The van der Waals surface area contributed by atoms with Crippen LogP contribution in [-0.2, 0) is 16.1 Å². The average molecular weight is 239 g/mol. The summed E-state index contributed by atoms with van der Waals surface area (Å²) in [5.41, 5.74) is 6.26. The number of rotatable bonds is 5. The summed E-state index contributed by atoms with van der Waals surface area (Å²) in [4.78, 5) is 0. The number of hydrogen-bond acceptors (Lipinski definition) is 4. The lowest BCUT2D eigenvalue weighted by atomic mass is 9.90. The first-order valence-corrected chi connectivity index (χ1v) is 6.21. The molecule has 1 aliphatic heterocycles. The van der Waals surface area contributed by atoms with Gasteiger partial charge >= 0.3 is 0 Å². The van der Waals surface area contributed by atoms with Crippen molar-refractivity contribution in [2.45, 2.75) is 38.5 Å². The van der Waals surface area contributed by atoms with Crippen molar-refractivity contribution in [3.8, 4) is 0 Å². The standard InChI is InChI=1S/C13H21NO3/c1-3-11-10(6-7-16-11)13(14)12-5-4-9(17-12)8-15-2/h4-5,10-11,13H,3,6-8,14H2,1-2H3. The van der Waals surface area contributed by atoms with E-state index in [0.717, 1.165) is 31.0 Å². The molecule has 3 unspecified atom stereocenters. The average Bonchev–Trinajstić information content (AvgIpc) is 2.96. The Bertz CT molecular complexity index is 350. The zero-order chi connectivity index (χ0) is 12.3. The molecule has 0 bridgehead atoms. The highest BCUT2D eigenvalue weighted by Gasteiger charge is 2.33. The predicted molar refractivity (Wildman–Crippen MR) is 64.5 cm³/mol. The molecule has 3 atom stereocenters. The molecule has 0 saturated carbocycles. The fraction of sp³-hybridized carbons (Fsp3) is 0.692. The van der Waals surface area contributed by atoms with Crippen LogP contribution in [0, 0.1) is 5.92 Å². The van der Waals surface area contributed by atoms with Gasteiger partial charge in [-0.1, -0.05) is 6.92 Å². The summed E-state index contributed by atoms with van der Waals surface area (Å²) < 4.78 is 16.4. The Morgan fingerprint density at radius 3 is 3.06 bits per heavy atom. The zero-order valence-corrected chi connectivity index (χ0v) is 10.5. The van der Waals surface area contributed by atoms with Gasteiger partial charge in [0.25, 0.3) is 0 Å². The Morgan fingerprint density at radius 2 is 2.35 bits per heavy atom. The highest BCUT2D eigenvalue weighted by Crippen LogP contribution is 2.33. The number of hydrogen-bond donors (Lipinski definition) is 1. The molecule has 1 aliphatic rings. The molecule has 1 fully saturated rings. The molecule has 2 heterocycles. The van der Waals surface area contributed by atoms with Crippen LogP contribution in [0.25, 0.3) is 0 Å². The van der Waals surface area contributed by atoms with Gasteiger partial charge in [0.05, 0.1) is 12.1 Å². The quantitative estimate of drug-likeness (QED) is 0.856. The van der Waals surface area contributed by atoms with Gasteiger partial charge in [-0.3, -0.25) is 0 Å². The van der Waals surface area contributed by atoms with Crippen LogP contribution in [-0.4, -0.2) is 19.8 Å². The van der Waals surface area contributed by atoms with Crippen molar-refractivity contribution in [2.75, 3.05) is 13.7 Å². The molecule has 17 heavy (non-hydrogen) atoms. The highest BCUT2D eigenvalue weighted by atomic mass is 16.5. The molecule has 1 saturated heterocycles. The van der Waals surface area contributed by atoms with Crippen LogP contribution in [0.3, 0.4) is 0 Å². The maximum absolute atomic E-state index is 6.26. The minimum atomic E-state index is -0.0759. The number of ether oxygens (including phenoxy) is 2. The van der Waals surface area contributed by atoms with E-state index in [2.05, 4.69) is 6.92 Å². The third-order valence-corrected chi connectivity index (χ3v) is 3.42. The second-order valence-electron chi connectivity index (χ2n) is 4.53. The minimum absolute atomic E-state index is 0.0759. The van der Waals surface area contributed by atoms with Gasteiger partial charge in [0, 0.05) is 19.6 Å².